The van der Waals surface area contributed by atoms with E-state index in [0.29, 0.717) is 15.7 Å². The average Bonchev–Trinajstić information content (AvgIpc) is 3.25. The molecule has 0 bridgehead atoms. The molecule has 0 aliphatic rings. The summed E-state index contributed by atoms with van der Waals surface area (Å²) in [6.07, 6.45) is 0. The standard InChI is InChI=1S/C21H24N4O5S3/c1-5-30-20(27)18-13(2)14(3)32-19(18)22-17(26)11-31-21-24-23-16(25(21)4)12-33(28,29)15-9-7-6-8-10-15/h6-10H,5,11-12H2,1-4H3,(H,22,26). The summed E-state index contributed by atoms with van der Waals surface area (Å²) in [5.74, 6) is -0.816. The molecule has 176 valence electrons. The summed E-state index contributed by atoms with van der Waals surface area (Å²) in [4.78, 5) is 25.9. The van der Waals surface area contributed by atoms with E-state index in [2.05, 4.69) is 15.5 Å². The Bertz CT molecular complexity index is 1270. The van der Waals surface area contributed by atoms with Crippen LogP contribution in [-0.4, -0.2) is 47.4 Å². The average molecular weight is 509 g/mol. The highest BCUT2D eigenvalue weighted by Crippen LogP contribution is 2.33. The molecule has 9 nitrogen and oxygen atoms in total. The predicted molar refractivity (Wildman–Crippen MR) is 127 cm³/mol. The second-order valence-electron chi connectivity index (χ2n) is 7.07. The lowest BCUT2D eigenvalue weighted by molar-refractivity contribution is -0.113. The summed E-state index contributed by atoms with van der Waals surface area (Å²) in [6, 6.07) is 8.13. The number of esters is 1. The van der Waals surface area contributed by atoms with E-state index in [0.717, 1.165) is 22.2 Å². The van der Waals surface area contributed by atoms with Gasteiger partial charge in [-0.25, -0.2) is 13.2 Å². The van der Waals surface area contributed by atoms with Gasteiger partial charge in [-0.05, 0) is 38.5 Å². The monoisotopic (exact) mass is 508 g/mol. The molecule has 1 aromatic carbocycles. The van der Waals surface area contributed by atoms with Gasteiger partial charge in [0.1, 0.15) is 16.6 Å². The molecule has 0 unspecified atom stereocenters. The summed E-state index contributed by atoms with van der Waals surface area (Å²) in [5, 5.41) is 11.6. The van der Waals surface area contributed by atoms with Crippen LogP contribution in [0.15, 0.2) is 40.4 Å². The minimum Gasteiger partial charge on any atom is -0.462 e. The predicted octanol–water partition coefficient (Wildman–Crippen LogP) is 3.37. The van der Waals surface area contributed by atoms with Crippen molar-refractivity contribution in [1.29, 1.82) is 0 Å². The lowest BCUT2D eigenvalue weighted by atomic mass is 10.1. The molecule has 0 saturated carbocycles. The third-order valence-corrected chi connectivity index (χ3v) is 8.57. The fourth-order valence-electron chi connectivity index (χ4n) is 2.93. The van der Waals surface area contributed by atoms with Crippen LogP contribution < -0.4 is 5.32 Å². The number of sulfone groups is 1. The maximum atomic E-state index is 12.6. The highest BCUT2D eigenvalue weighted by atomic mass is 32.2. The maximum Gasteiger partial charge on any atom is 0.341 e. The molecule has 0 fully saturated rings. The van der Waals surface area contributed by atoms with Gasteiger partial charge in [0.05, 0.1) is 22.8 Å². The first-order valence-corrected chi connectivity index (χ1v) is 13.4. The van der Waals surface area contributed by atoms with Crippen LogP contribution in [0.4, 0.5) is 5.00 Å². The van der Waals surface area contributed by atoms with Crippen LogP contribution in [0.2, 0.25) is 0 Å². The van der Waals surface area contributed by atoms with Crippen LogP contribution in [0.3, 0.4) is 0 Å². The summed E-state index contributed by atoms with van der Waals surface area (Å²) >= 11 is 2.44. The summed E-state index contributed by atoms with van der Waals surface area (Å²) in [5.41, 5.74) is 1.14. The number of carbonyl (C=O) groups excluding carboxylic acids is 2. The van der Waals surface area contributed by atoms with Gasteiger partial charge >= 0.3 is 5.97 Å². The lowest BCUT2D eigenvalue weighted by Gasteiger charge is -2.07. The van der Waals surface area contributed by atoms with Crippen LogP contribution >= 0.6 is 23.1 Å². The van der Waals surface area contributed by atoms with Gasteiger partial charge < -0.3 is 14.6 Å². The van der Waals surface area contributed by atoms with E-state index in [4.69, 9.17) is 4.74 Å². The summed E-state index contributed by atoms with van der Waals surface area (Å²) in [7, 11) is -1.91. The first kappa shape index (κ1) is 24.9. The van der Waals surface area contributed by atoms with Crippen molar-refractivity contribution in [2.45, 2.75) is 36.6 Å². The van der Waals surface area contributed by atoms with E-state index in [1.807, 2.05) is 13.8 Å². The van der Waals surface area contributed by atoms with Crippen LogP contribution in [0.25, 0.3) is 0 Å². The number of carbonyl (C=O) groups is 2. The van der Waals surface area contributed by atoms with Gasteiger partial charge in [0.2, 0.25) is 5.91 Å². The summed E-state index contributed by atoms with van der Waals surface area (Å²) < 4.78 is 31.9. The number of nitrogens with zero attached hydrogens (tertiary/aromatic N) is 3. The summed E-state index contributed by atoms with van der Waals surface area (Å²) in [6.45, 7) is 5.65. The van der Waals surface area contributed by atoms with Crippen molar-refractivity contribution < 1.29 is 22.7 Å². The minimum atomic E-state index is -3.57. The van der Waals surface area contributed by atoms with Crippen molar-refractivity contribution >= 4 is 49.8 Å². The van der Waals surface area contributed by atoms with Gasteiger partial charge in [-0.1, -0.05) is 30.0 Å². The van der Waals surface area contributed by atoms with E-state index in [-0.39, 0.29) is 34.7 Å². The van der Waals surface area contributed by atoms with Crippen molar-refractivity contribution in [3.05, 3.63) is 52.2 Å². The molecule has 0 aliphatic heterocycles. The fourth-order valence-corrected chi connectivity index (χ4v) is 6.06. The molecule has 2 aromatic heterocycles. The molecule has 12 heteroatoms. The van der Waals surface area contributed by atoms with Gasteiger partial charge in [-0.3, -0.25) is 4.79 Å². The Hall–Kier alpha value is -2.70. The topological polar surface area (TPSA) is 120 Å². The lowest BCUT2D eigenvalue weighted by Crippen LogP contribution is -2.17. The van der Waals surface area contributed by atoms with Gasteiger partial charge in [-0.2, -0.15) is 0 Å². The highest BCUT2D eigenvalue weighted by Gasteiger charge is 2.23. The first-order valence-electron chi connectivity index (χ1n) is 9.99. The van der Waals surface area contributed by atoms with E-state index in [1.165, 1.54) is 23.5 Å². The Morgan fingerprint density at radius 2 is 1.88 bits per heavy atom. The van der Waals surface area contributed by atoms with Gasteiger partial charge in [0.15, 0.2) is 15.0 Å². The van der Waals surface area contributed by atoms with Crippen LogP contribution in [0.1, 0.15) is 33.5 Å². The zero-order valence-corrected chi connectivity index (χ0v) is 21.1. The molecule has 0 aliphatic carbocycles. The van der Waals surface area contributed by atoms with E-state index < -0.39 is 15.8 Å². The second kappa shape index (κ2) is 10.5. The number of hydrogen-bond donors (Lipinski definition) is 1. The Morgan fingerprint density at radius 3 is 2.55 bits per heavy atom. The molecule has 3 rings (SSSR count). The molecular formula is C21H24N4O5S3. The molecule has 3 aromatic rings. The van der Waals surface area contributed by atoms with Crippen LogP contribution in [-0.2, 0) is 32.2 Å². The number of aromatic nitrogens is 3. The molecular weight excluding hydrogens is 484 g/mol. The number of benzene rings is 1. The fraction of sp³-hybridized carbons (Fsp3) is 0.333. The van der Waals surface area contributed by atoms with Crippen molar-refractivity contribution in [2.75, 3.05) is 17.7 Å². The second-order valence-corrected chi connectivity index (χ2v) is 11.2. The molecule has 1 N–H and O–H groups in total. The molecule has 2 heterocycles. The third-order valence-electron chi connectivity index (χ3n) is 4.80. The number of thiophene rings is 1. The zero-order chi connectivity index (χ0) is 24.2. The number of aryl methyl sites for hydroxylation is 1. The van der Waals surface area contributed by atoms with Crippen LogP contribution in [0.5, 0.6) is 0 Å². The third kappa shape index (κ3) is 5.81. The van der Waals surface area contributed by atoms with Gasteiger partial charge in [0, 0.05) is 11.9 Å². The minimum absolute atomic E-state index is 0.00959. The number of anilines is 1. The van der Waals surface area contributed by atoms with Crippen molar-refractivity contribution in [1.82, 2.24) is 14.8 Å². The molecule has 0 radical (unpaired) electrons. The van der Waals surface area contributed by atoms with E-state index in [1.54, 1.807) is 36.7 Å². The highest BCUT2D eigenvalue weighted by molar-refractivity contribution is 7.99. The Kier molecular flexibility index (Phi) is 7.92. The van der Waals surface area contributed by atoms with Gasteiger partial charge in [0.25, 0.3) is 0 Å². The number of nitrogens with one attached hydrogen (secondary N) is 1. The van der Waals surface area contributed by atoms with Crippen LogP contribution in [0, 0.1) is 13.8 Å². The quantitative estimate of drug-likeness (QED) is 0.345. The largest absolute Gasteiger partial charge is 0.462 e. The molecule has 0 atom stereocenters. The number of hydrogen-bond acceptors (Lipinski definition) is 9. The van der Waals surface area contributed by atoms with Gasteiger partial charge in [-0.15, -0.1) is 21.5 Å². The number of thioether (sulfide) groups is 1. The van der Waals surface area contributed by atoms with Crippen molar-refractivity contribution in [3.8, 4) is 0 Å². The Morgan fingerprint density at radius 1 is 1.18 bits per heavy atom. The molecule has 0 saturated heterocycles. The Labute approximate surface area is 200 Å². The number of amides is 1. The zero-order valence-electron chi connectivity index (χ0n) is 18.6. The SMILES string of the molecule is CCOC(=O)c1c(NC(=O)CSc2nnc(CS(=O)(=O)c3ccccc3)n2C)sc(C)c1C. The van der Waals surface area contributed by atoms with Crippen molar-refractivity contribution in [3.63, 3.8) is 0 Å². The molecule has 33 heavy (non-hydrogen) atoms. The van der Waals surface area contributed by atoms with Crippen molar-refractivity contribution in [2.24, 2.45) is 7.05 Å². The number of rotatable bonds is 9. The molecule has 0 spiro atoms. The number of ether oxygens (including phenoxy) is 1. The smallest absolute Gasteiger partial charge is 0.341 e. The van der Waals surface area contributed by atoms with E-state index in [9.17, 15) is 18.0 Å². The normalized spacial score (nSPS) is 11.4. The molecule has 1 amide bonds. The maximum absolute atomic E-state index is 12.6. The Balaban J connectivity index is 1.66. The van der Waals surface area contributed by atoms with E-state index >= 15 is 0 Å². The first-order chi connectivity index (χ1) is 15.6.